The van der Waals surface area contributed by atoms with Crippen LogP contribution in [0.4, 0.5) is 8.78 Å². The Morgan fingerprint density at radius 3 is 2.73 bits per heavy atom. The number of nitrogens with one attached hydrogen (secondary N) is 1. The maximum absolute atomic E-state index is 13.2. The summed E-state index contributed by atoms with van der Waals surface area (Å²) in [4.78, 5) is 17.8. The number of hydrogen-bond donors (Lipinski definition) is 1. The van der Waals surface area contributed by atoms with Crippen LogP contribution in [0.15, 0.2) is 30.6 Å². The quantitative estimate of drug-likeness (QED) is 0.766. The van der Waals surface area contributed by atoms with E-state index < -0.39 is 17.4 Å². The molecular weight excluding hydrogens is 202 g/mol. The topological polar surface area (TPSA) is 45.8 Å². The number of ketones is 1. The standard InChI is InChI=1S/C10H6F2N2O/c11-6-1-2-7(8(12)5-6)9(15)10-13-3-4-14-10/h1-5H,(H,13,14). The fraction of sp³-hybridized carbons (Fsp3) is 0. The van der Waals surface area contributed by atoms with Crippen molar-refractivity contribution in [3.05, 3.63) is 53.6 Å². The first-order valence-corrected chi connectivity index (χ1v) is 4.17. The molecule has 0 radical (unpaired) electrons. The van der Waals surface area contributed by atoms with Gasteiger partial charge in [-0.25, -0.2) is 13.8 Å². The maximum atomic E-state index is 13.2. The van der Waals surface area contributed by atoms with Crippen molar-refractivity contribution in [2.75, 3.05) is 0 Å². The third-order valence-corrected chi connectivity index (χ3v) is 1.89. The third-order valence-electron chi connectivity index (χ3n) is 1.89. The Morgan fingerprint density at radius 1 is 1.33 bits per heavy atom. The minimum Gasteiger partial charge on any atom is -0.342 e. The van der Waals surface area contributed by atoms with Crippen molar-refractivity contribution < 1.29 is 13.6 Å². The minimum atomic E-state index is -0.892. The van der Waals surface area contributed by atoms with Crippen LogP contribution in [0.25, 0.3) is 0 Å². The van der Waals surface area contributed by atoms with Crippen LogP contribution in [0.3, 0.4) is 0 Å². The molecule has 1 N–H and O–H groups in total. The molecule has 0 aliphatic rings. The third kappa shape index (κ3) is 1.76. The van der Waals surface area contributed by atoms with Gasteiger partial charge in [0, 0.05) is 18.5 Å². The molecule has 0 atom stereocenters. The molecule has 0 saturated heterocycles. The molecule has 0 fully saturated rings. The lowest BCUT2D eigenvalue weighted by Gasteiger charge is -1.99. The Balaban J connectivity index is 2.42. The van der Waals surface area contributed by atoms with Crippen LogP contribution < -0.4 is 0 Å². The van der Waals surface area contributed by atoms with Crippen molar-refractivity contribution >= 4 is 5.78 Å². The van der Waals surface area contributed by atoms with Gasteiger partial charge in [-0.05, 0) is 12.1 Å². The first-order chi connectivity index (χ1) is 7.18. The molecule has 0 saturated carbocycles. The molecule has 15 heavy (non-hydrogen) atoms. The van der Waals surface area contributed by atoms with Crippen molar-refractivity contribution in [3.8, 4) is 0 Å². The number of aromatic amines is 1. The molecule has 0 amide bonds. The Labute approximate surface area is 83.8 Å². The second-order valence-electron chi connectivity index (χ2n) is 2.89. The van der Waals surface area contributed by atoms with Crippen molar-refractivity contribution in [1.29, 1.82) is 0 Å². The van der Waals surface area contributed by atoms with Gasteiger partial charge < -0.3 is 4.98 Å². The summed E-state index contributed by atoms with van der Waals surface area (Å²) in [6.45, 7) is 0. The fourth-order valence-electron chi connectivity index (χ4n) is 1.19. The molecule has 1 aromatic heterocycles. The monoisotopic (exact) mass is 208 g/mol. The van der Waals surface area contributed by atoms with Gasteiger partial charge in [0.2, 0.25) is 5.78 Å². The number of imidazole rings is 1. The van der Waals surface area contributed by atoms with Crippen LogP contribution >= 0.6 is 0 Å². The summed E-state index contributed by atoms with van der Waals surface area (Å²) in [6, 6.07) is 2.78. The van der Waals surface area contributed by atoms with Gasteiger partial charge in [0.15, 0.2) is 5.82 Å². The summed E-state index contributed by atoms with van der Waals surface area (Å²) >= 11 is 0. The highest BCUT2D eigenvalue weighted by molar-refractivity contribution is 6.06. The molecule has 0 unspecified atom stereocenters. The van der Waals surface area contributed by atoms with E-state index in [1.54, 1.807) is 0 Å². The predicted octanol–water partition coefficient (Wildman–Crippen LogP) is 1.92. The SMILES string of the molecule is O=C(c1ncc[nH]1)c1ccc(F)cc1F. The van der Waals surface area contributed by atoms with Crippen LogP contribution in [0.1, 0.15) is 16.2 Å². The van der Waals surface area contributed by atoms with E-state index in [1.165, 1.54) is 12.4 Å². The number of nitrogens with zero attached hydrogens (tertiary/aromatic N) is 1. The van der Waals surface area contributed by atoms with E-state index in [4.69, 9.17) is 0 Å². The van der Waals surface area contributed by atoms with Gasteiger partial charge in [-0.15, -0.1) is 0 Å². The highest BCUT2D eigenvalue weighted by Crippen LogP contribution is 2.12. The summed E-state index contributed by atoms with van der Waals surface area (Å²) < 4.78 is 25.8. The Morgan fingerprint density at radius 2 is 2.13 bits per heavy atom. The van der Waals surface area contributed by atoms with E-state index in [9.17, 15) is 13.6 Å². The molecule has 5 heteroatoms. The van der Waals surface area contributed by atoms with Gasteiger partial charge in [-0.3, -0.25) is 4.79 Å². The van der Waals surface area contributed by atoms with Gasteiger partial charge in [-0.1, -0.05) is 0 Å². The van der Waals surface area contributed by atoms with Crippen molar-refractivity contribution in [1.82, 2.24) is 9.97 Å². The van der Waals surface area contributed by atoms with Gasteiger partial charge in [0.25, 0.3) is 0 Å². The maximum Gasteiger partial charge on any atom is 0.231 e. The first kappa shape index (κ1) is 9.51. The summed E-state index contributed by atoms with van der Waals surface area (Å²) in [5.74, 6) is -2.18. The second kappa shape index (κ2) is 3.61. The van der Waals surface area contributed by atoms with E-state index >= 15 is 0 Å². The zero-order valence-corrected chi connectivity index (χ0v) is 7.50. The van der Waals surface area contributed by atoms with Gasteiger partial charge in [0.1, 0.15) is 11.6 Å². The number of hydrogen-bond acceptors (Lipinski definition) is 2. The average molecular weight is 208 g/mol. The number of halogens is 2. The molecule has 0 aliphatic carbocycles. The van der Waals surface area contributed by atoms with Gasteiger partial charge >= 0.3 is 0 Å². The molecule has 3 nitrogen and oxygen atoms in total. The van der Waals surface area contributed by atoms with Crippen LogP contribution in [0.5, 0.6) is 0 Å². The Hall–Kier alpha value is -2.04. The zero-order valence-electron chi connectivity index (χ0n) is 7.50. The molecule has 2 rings (SSSR count). The first-order valence-electron chi connectivity index (χ1n) is 4.17. The number of H-pyrrole nitrogens is 1. The molecular formula is C10H6F2N2O. The number of aromatic nitrogens is 2. The van der Waals surface area contributed by atoms with Crippen LogP contribution in [0, 0.1) is 11.6 Å². The minimum absolute atomic E-state index is 0.0282. The largest absolute Gasteiger partial charge is 0.342 e. The fourth-order valence-corrected chi connectivity index (χ4v) is 1.19. The lowest BCUT2D eigenvalue weighted by Crippen LogP contribution is -2.06. The second-order valence-corrected chi connectivity index (χ2v) is 2.89. The highest BCUT2D eigenvalue weighted by Gasteiger charge is 2.16. The van der Waals surface area contributed by atoms with Crippen molar-refractivity contribution in [2.45, 2.75) is 0 Å². The summed E-state index contributed by atoms with van der Waals surface area (Å²) in [7, 11) is 0. The Kier molecular flexibility index (Phi) is 2.29. The number of benzene rings is 1. The molecule has 76 valence electrons. The number of carbonyl (C=O) groups excluding carboxylic acids is 1. The van der Waals surface area contributed by atoms with Crippen LogP contribution in [-0.2, 0) is 0 Å². The summed E-state index contributed by atoms with van der Waals surface area (Å²) in [5.41, 5.74) is -0.202. The normalized spacial score (nSPS) is 10.3. The van der Waals surface area contributed by atoms with Gasteiger partial charge in [-0.2, -0.15) is 0 Å². The molecule has 2 aromatic rings. The summed E-state index contributed by atoms with van der Waals surface area (Å²) in [5, 5.41) is 0. The Bertz CT molecular complexity index is 494. The van der Waals surface area contributed by atoms with E-state index in [2.05, 4.69) is 9.97 Å². The molecule has 0 aliphatic heterocycles. The molecule has 1 heterocycles. The highest BCUT2D eigenvalue weighted by atomic mass is 19.1. The average Bonchev–Trinajstić information content (AvgIpc) is 2.69. The van der Waals surface area contributed by atoms with E-state index in [-0.39, 0.29) is 11.4 Å². The predicted molar refractivity (Wildman–Crippen MR) is 48.4 cm³/mol. The van der Waals surface area contributed by atoms with Crippen LogP contribution in [-0.4, -0.2) is 15.8 Å². The molecule has 0 spiro atoms. The van der Waals surface area contributed by atoms with Gasteiger partial charge in [0.05, 0.1) is 5.56 Å². The smallest absolute Gasteiger partial charge is 0.231 e. The van der Waals surface area contributed by atoms with Crippen LogP contribution in [0.2, 0.25) is 0 Å². The van der Waals surface area contributed by atoms with E-state index in [0.717, 1.165) is 12.1 Å². The summed E-state index contributed by atoms with van der Waals surface area (Å²) in [6.07, 6.45) is 2.84. The lowest BCUT2D eigenvalue weighted by atomic mass is 10.1. The van der Waals surface area contributed by atoms with Crippen molar-refractivity contribution in [3.63, 3.8) is 0 Å². The van der Waals surface area contributed by atoms with E-state index in [1.807, 2.05) is 0 Å². The lowest BCUT2D eigenvalue weighted by molar-refractivity contribution is 0.102. The van der Waals surface area contributed by atoms with E-state index in [0.29, 0.717) is 6.07 Å². The number of carbonyl (C=O) groups is 1. The molecule has 1 aromatic carbocycles. The number of rotatable bonds is 2. The van der Waals surface area contributed by atoms with Crippen molar-refractivity contribution in [2.24, 2.45) is 0 Å². The molecule has 0 bridgehead atoms. The zero-order chi connectivity index (χ0) is 10.8.